The van der Waals surface area contributed by atoms with Gasteiger partial charge in [0.25, 0.3) is 0 Å². The highest BCUT2D eigenvalue weighted by Gasteiger charge is 2.26. The standard InChI is InChI=1S/C16H19N5O2/c1-10-8-17-14(18-10)16(2,3)20-13(22)9-21-12-7-5-4-6-11(12)19-15(21)23/h4-8H,9H2,1-3H3,(H,17,18)(H,19,23)(H,20,22). The minimum atomic E-state index is -0.652. The molecule has 7 heteroatoms. The van der Waals surface area contributed by atoms with E-state index in [-0.39, 0.29) is 18.1 Å². The lowest BCUT2D eigenvalue weighted by atomic mass is 10.1. The van der Waals surface area contributed by atoms with Crippen LogP contribution < -0.4 is 11.0 Å². The van der Waals surface area contributed by atoms with E-state index >= 15 is 0 Å². The minimum Gasteiger partial charge on any atom is -0.344 e. The first-order valence-electron chi connectivity index (χ1n) is 7.37. The van der Waals surface area contributed by atoms with Crippen molar-refractivity contribution in [2.24, 2.45) is 0 Å². The van der Waals surface area contributed by atoms with Crippen molar-refractivity contribution in [2.45, 2.75) is 32.9 Å². The summed E-state index contributed by atoms with van der Waals surface area (Å²) >= 11 is 0. The number of rotatable bonds is 4. The highest BCUT2D eigenvalue weighted by Crippen LogP contribution is 2.16. The van der Waals surface area contributed by atoms with E-state index in [4.69, 9.17) is 0 Å². The van der Waals surface area contributed by atoms with Gasteiger partial charge in [0.2, 0.25) is 5.91 Å². The fourth-order valence-corrected chi connectivity index (χ4v) is 2.58. The Bertz CT molecular complexity index is 916. The van der Waals surface area contributed by atoms with Crippen LogP contribution in [0.1, 0.15) is 25.4 Å². The summed E-state index contributed by atoms with van der Waals surface area (Å²) in [5.74, 6) is 0.422. The zero-order valence-electron chi connectivity index (χ0n) is 13.3. The van der Waals surface area contributed by atoms with Crippen LogP contribution in [0.25, 0.3) is 11.0 Å². The Hall–Kier alpha value is -2.83. The highest BCUT2D eigenvalue weighted by atomic mass is 16.2. The first kappa shape index (κ1) is 15.1. The first-order valence-corrected chi connectivity index (χ1v) is 7.37. The van der Waals surface area contributed by atoms with Crippen molar-refractivity contribution in [3.8, 4) is 0 Å². The predicted molar refractivity (Wildman–Crippen MR) is 87.1 cm³/mol. The van der Waals surface area contributed by atoms with Crippen molar-refractivity contribution in [1.29, 1.82) is 0 Å². The number of carbonyl (C=O) groups excluding carboxylic acids is 1. The van der Waals surface area contributed by atoms with Gasteiger partial charge in [-0.15, -0.1) is 0 Å². The van der Waals surface area contributed by atoms with Crippen LogP contribution in [0.4, 0.5) is 0 Å². The van der Waals surface area contributed by atoms with E-state index in [2.05, 4.69) is 20.3 Å². The number of aromatic amines is 2. The van der Waals surface area contributed by atoms with Crippen LogP contribution in [-0.4, -0.2) is 25.4 Å². The molecule has 1 aromatic carbocycles. The number of amides is 1. The summed E-state index contributed by atoms with van der Waals surface area (Å²) in [6, 6.07) is 7.28. The molecule has 3 N–H and O–H groups in total. The summed E-state index contributed by atoms with van der Waals surface area (Å²) < 4.78 is 1.42. The molecule has 0 bridgehead atoms. The maximum atomic E-state index is 12.4. The molecule has 0 saturated carbocycles. The largest absolute Gasteiger partial charge is 0.344 e. The molecule has 23 heavy (non-hydrogen) atoms. The Morgan fingerprint density at radius 1 is 1.30 bits per heavy atom. The van der Waals surface area contributed by atoms with Gasteiger partial charge in [-0.3, -0.25) is 9.36 Å². The number of hydrogen-bond donors (Lipinski definition) is 3. The van der Waals surface area contributed by atoms with Gasteiger partial charge in [0, 0.05) is 11.9 Å². The number of nitrogens with one attached hydrogen (secondary N) is 3. The number of fused-ring (bicyclic) bond motifs is 1. The van der Waals surface area contributed by atoms with Gasteiger partial charge < -0.3 is 15.3 Å². The monoisotopic (exact) mass is 313 g/mol. The zero-order chi connectivity index (χ0) is 16.6. The molecule has 3 aromatic rings. The second-order valence-corrected chi connectivity index (χ2v) is 6.12. The smallest absolute Gasteiger partial charge is 0.326 e. The predicted octanol–water partition coefficient (Wildman–Crippen LogP) is 1.41. The molecule has 0 fully saturated rings. The maximum Gasteiger partial charge on any atom is 0.326 e. The second kappa shape index (κ2) is 5.42. The molecule has 2 aromatic heterocycles. The average molecular weight is 313 g/mol. The number of carbonyl (C=O) groups is 1. The molecular weight excluding hydrogens is 294 g/mol. The van der Waals surface area contributed by atoms with E-state index in [9.17, 15) is 9.59 Å². The third-order valence-electron chi connectivity index (χ3n) is 3.73. The van der Waals surface area contributed by atoms with E-state index in [1.165, 1.54) is 4.57 Å². The third-order valence-corrected chi connectivity index (χ3v) is 3.73. The molecule has 0 saturated heterocycles. The van der Waals surface area contributed by atoms with E-state index < -0.39 is 5.54 Å². The number of aromatic nitrogens is 4. The molecule has 3 rings (SSSR count). The molecule has 1 amide bonds. The summed E-state index contributed by atoms with van der Waals surface area (Å²) in [6.45, 7) is 5.58. The lowest BCUT2D eigenvalue weighted by Crippen LogP contribution is -2.44. The van der Waals surface area contributed by atoms with E-state index in [1.54, 1.807) is 12.3 Å². The molecule has 0 radical (unpaired) electrons. The highest BCUT2D eigenvalue weighted by molar-refractivity contribution is 5.80. The number of benzene rings is 1. The van der Waals surface area contributed by atoms with Crippen molar-refractivity contribution in [3.05, 3.63) is 52.5 Å². The van der Waals surface area contributed by atoms with Gasteiger partial charge in [-0.05, 0) is 32.9 Å². The van der Waals surface area contributed by atoms with Gasteiger partial charge in [0.1, 0.15) is 12.4 Å². The number of hydrogen-bond acceptors (Lipinski definition) is 3. The quantitative estimate of drug-likeness (QED) is 0.679. The van der Waals surface area contributed by atoms with Crippen LogP contribution in [0, 0.1) is 6.92 Å². The normalized spacial score (nSPS) is 11.8. The van der Waals surface area contributed by atoms with E-state index in [0.717, 1.165) is 5.69 Å². The summed E-state index contributed by atoms with van der Waals surface area (Å²) in [4.78, 5) is 34.5. The number of imidazole rings is 2. The lowest BCUT2D eigenvalue weighted by Gasteiger charge is -2.24. The number of aryl methyl sites for hydroxylation is 1. The Morgan fingerprint density at radius 2 is 2.04 bits per heavy atom. The summed E-state index contributed by atoms with van der Waals surface area (Å²) in [6.07, 6.45) is 1.72. The van der Waals surface area contributed by atoms with Crippen LogP contribution in [0.2, 0.25) is 0 Å². The van der Waals surface area contributed by atoms with Gasteiger partial charge in [0.15, 0.2) is 0 Å². The van der Waals surface area contributed by atoms with Crippen molar-refractivity contribution < 1.29 is 4.79 Å². The number of para-hydroxylation sites is 2. The topological polar surface area (TPSA) is 95.6 Å². The Balaban J connectivity index is 1.81. The molecule has 7 nitrogen and oxygen atoms in total. The van der Waals surface area contributed by atoms with Gasteiger partial charge in [0.05, 0.1) is 16.6 Å². The third kappa shape index (κ3) is 2.90. The van der Waals surface area contributed by atoms with Gasteiger partial charge in [-0.25, -0.2) is 9.78 Å². The number of H-pyrrole nitrogens is 2. The summed E-state index contributed by atoms with van der Waals surface area (Å²) in [7, 11) is 0. The molecule has 0 unspecified atom stereocenters. The Labute approximate surface area is 132 Å². The van der Waals surface area contributed by atoms with Crippen LogP contribution >= 0.6 is 0 Å². The van der Waals surface area contributed by atoms with E-state index in [0.29, 0.717) is 16.9 Å². The van der Waals surface area contributed by atoms with Crippen LogP contribution in [0.5, 0.6) is 0 Å². The molecule has 0 atom stereocenters. The molecular formula is C16H19N5O2. The van der Waals surface area contributed by atoms with Gasteiger partial charge in [-0.2, -0.15) is 0 Å². The number of nitrogens with zero attached hydrogens (tertiary/aromatic N) is 2. The average Bonchev–Trinajstić information content (AvgIpc) is 3.04. The van der Waals surface area contributed by atoms with Crippen LogP contribution in [-0.2, 0) is 16.9 Å². The lowest BCUT2D eigenvalue weighted by molar-refractivity contribution is -0.123. The SMILES string of the molecule is Cc1cnc(C(C)(C)NC(=O)Cn2c(=O)[nH]c3ccccc32)[nH]1. The minimum absolute atomic E-state index is 0.0496. The van der Waals surface area contributed by atoms with Crippen molar-refractivity contribution >= 4 is 16.9 Å². The van der Waals surface area contributed by atoms with Crippen molar-refractivity contribution in [3.63, 3.8) is 0 Å². The summed E-state index contributed by atoms with van der Waals surface area (Å²) in [5, 5.41) is 2.91. The van der Waals surface area contributed by atoms with Crippen LogP contribution in [0.3, 0.4) is 0 Å². The van der Waals surface area contributed by atoms with Crippen LogP contribution in [0.15, 0.2) is 35.3 Å². The fourth-order valence-electron chi connectivity index (χ4n) is 2.58. The van der Waals surface area contributed by atoms with Gasteiger partial charge in [-0.1, -0.05) is 12.1 Å². The van der Waals surface area contributed by atoms with Crippen molar-refractivity contribution in [2.75, 3.05) is 0 Å². The second-order valence-electron chi connectivity index (χ2n) is 6.12. The zero-order valence-corrected chi connectivity index (χ0v) is 13.3. The first-order chi connectivity index (χ1) is 10.9. The fraction of sp³-hybridized carbons (Fsp3) is 0.312. The molecule has 2 heterocycles. The molecule has 0 aliphatic rings. The maximum absolute atomic E-state index is 12.4. The Morgan fingerprint density at radius 3 is 2.74 bits per heavy atom. The summed E-state index contributed by atoms with van der Waals surface area (Å²) in [5.41, 5.74) is 1.40. The Kier molecular flexibility index (Phi) is 3.55. The molecule has 0 spiro atoms. The van der Waals surface area contributed by atoms with Gasteiger partial charge >= 0.3 is 5.69 Å². The van der Waals surface area contributed by atoms with E-state index in [1.807, 2.05) is 39.0 Å². The molecule has 0 aliphatic heterocycles. The molecule has 120 valence electrons. The molecule has 0 aliphatic carbocycles. The van der Waals surface area contributed by atoms with Crippen molar-refractivity contribution in [1.82, 2.24) is 24.8 Å².